The molecular formula is C18H22N2O6. The van der Waals surface area contributed by atoms with Gasteiger partial charge in [0.25, 0.3) is 0 Å². The molecule has 2 heterocycles. The lowest BCUT2D eigenvalue weighted by atomic mass is 10.1. The number of hydrogen-bond donors (Lipinski definition) is 1. The average molecular weight is 362 g/mol. The Kier molecular flexibility index (Phi) is 5.01. The van der Waals surface area contributed by atoms with Crippen molar-refractivity contribution in [3.8, 4) is 11.5 Å². The molecule has 1 aromatic carbocycles. The van der Waals surface area contributed by atoms with Crippen molar-refractivity contribution in [1.82, 2.24) is 10.2 Å². The number of carbonyl (C=O) groups excluding carboxylic acids is 3. The van der Waals surface area contributed by atoms with Gasteiger partial charge in [-0.25, -0.2) is 4.79 Å². The quantitative estimate of drug-likeness (QED) is 0.769. The third-order valence-electron chi connectivity index (χ3n) is 4.63. The number of rotatable bonds is 6. The first-order chi connectivity index (χ1) is 12.5. The Morgan fingerprint density at radius 3 is 2.73 bits per heavy atom. The second-order valence-electron chi connectivity index (χ2n) is 6.17. The van der Waals surface area contributed by atoms with E-state index in [0.29, 0.717) is 24.3 Å². The minimum absolute atomic E-state index is 0.220. The van der Waals surface area contributed by atoms with Crippen LogP contribution in [-0.4, -0.2) is 49.5 Å². The fraction of sp³-hybridized carbons (Fsp3) is 0.500. The Labute approximate surface area is 151 Å². The number of fused-ring (bicyclic) bond motifs is 1. The maximum atomic E-state index is 12.4. The largest absolute Gasteiger partial charge is 0.493 e. The molecule has 0 aromatic heterocycles. The van der Waals surface area contributed by atoms with Crippen LogP contribution in [0.25, 0.3) is 0 Å². The zero-order valence-corrected chi connectivity index (χ0v) is 15.0. The third kappa shape index (κ3) is 2.85. The molecule has 1 saturated heterocycles. The number of amides is 2. The molecule has 26 heavy (non-hydrogen) atoms. The summed E-state index contributed by atoms with van der Waals surface area (Å²) in [5.41, 5.74) is 0.723. The van der Waals surface area contributed by atoms with E-state index in [1.807, 2.05) is 6.92 Å². The number of likely N-dealkylation sites (tertiary alicyclic amines) is 1. The van der Waals surface area contributed by atoms with Crippen LogP contribution in [0.1, 0.15) is 48.3 Å². The smallest absolute Gasteiger partial charge is 0.344 e. The van der Waals surface area contributed by atoms with E-state index in [9.17, 15) is 14.4 Å². The van der Waals surface area contributed by atoms with Gasteiger partial charge in [-0.3, -0.25) is 14.5 Å². The van der Waals surface area contributed by atoms with E-state index in [2.05, 4.69) is 5.32 Å². The molecule has 0 bridgehead atoms. The van der Waals surface area contributed by atoms with Crippen molar-refractivity contribution >= 4 is 17.8 Å². The molecule has 140 valence electrons. The zero-order chi connectivity index (χ0) is 18.8. The van der Waals surface area contributed by atoms with Crippen molar-refractivity contribution in [1.29, 1.82) is 0 Å². The highest BCUT2D eigenvalue weighted by Crippen LogP contribution is 2.45. The molecule has 0 unspecified atom stereocenters. The molecule has 0 saturated carbocycles. The summed E-state index contributed by atoms with van der Waals surface area (Å²) in [4.78, 5) is 38.7. The normalized spacial score (nSPS) is 21.4. The van der Waals surface area contributed by atoms with Crippen LogP contribution in [0.4, 0.5) is 0 Å². The fourth-order valence-corrected chi connectivity index (χ4v) is 3.41. The number of cyclic esters (lactones) is 1. The minimum Gasteiger partial charge on any atom is -0.493 e. The molecule has 8 nitrogen and oxygen atoms in total. The van der Waals surface area contributed by atoms with E-state index in [-0.39, 0.29) is 29.5 Å². The van der Waals surface area contributed by atoms with Crippen molar-refractivity contribution in [2.75, 3.05) is 20.8 Å². The molecular weight excluding hydrogens is 340 g/mol. The van der Waals surface area contributed by atoms with E-state index in [1.54, 1.807) is 12.1 Å². The Balaban J connectivity index is 1.97. The van der Waals surface area contributed by atoms with Crippen molar-refractivity contribution in [3.63, 3.8) is 0 Å². The van der Waals surface area contributed by atoms with E-state index >= 15 is 0 Å². The zero-order valence-electron chi connectivity index (χ0n) is 15.0. The SMILES string of the molecule is CCCNC(=O)[C@H]1CCC(=O)N1[C@H]1OC(=O)c2c1ccc(OC)c2OC. The van der Waals surface area contributed by atoms with Crippen molar-refractivity contribution in [2.45, 2.75) is 38.5 Å². The van der Waals surface area contributed by atoms with Crippen LogP contribution >= 0.6 is 0 Å². The van der Waals surface area contributed by atoms with Crippen LogP contribution in [0.3, 0.4) is 0 Å². The van der Waals surface area contributed by atoms with Gasteiger partial charge in [0.2, 0.25) is 18.0 Å². The molecule has 0 aliphatic carbocycles. The maximum absolute atomic E-state index is 12.4. The molecule has 8 heteroatoms. The maximum Gasteiger partial charge on any atom is 0.344 e. The average Bonchev–Trinajstić information content (AvgIpc) is 3.18. The van der Waals surface area contributed by atoms with Crippen LogP contribution < -0.4 is 14.8 Å². The third-order valence-corrected chi connectivity index (χ3v) is 4.63. The predicted octanol–water partition coefficient (Wildman–Crippen LogP) is 1.39. The molecule has 0 radical (unpaired) electrons. The molecule has 2 atom stereocenters. The summed E-state index contributed by atoms with van der Waals surface area (Å²) in [7, 11) is 2.90. The van der Waals surface area contributed by atoms with Gasteiger partial charge in [-0.2, -0.15) is 0 Å². The monoisotopic (exact) mass is 362 g/mol. The highest BCUT2D eigenvalue weighted by molar-refractivity contribution is 5.99. The van der Waals surface area contributed by atoms with Crippen LogP contribution in [0.5, 0.6) is 11.5 Å². The first kappa shape index (κ1) is 18.0. The number of nitrogens with one attached hydrogen (secondary N) is 1. The Morgan fingerprint density at radius 2 is 2.08 bits per heavy atom. The first-order valence-corrected chi connectivity index (χ1v) is 8.58. The number of methoxy groups -OCH3 is 2. The Bertz CT molecular complexity index is 747. The lowest BCUT2D eigenvalue weighted by molar-refractivity contribution is -0.145. The molecule has 0 spiro atoms. The number of ether oxygens (including phenoxy) is 3. The number of nitrogens with zero attached hydrogens (tertiary/aromatic N) is 1. The predicted molar refractivity (Wildman–Crippen MR) is 90.9 cm³/mol. The van der Waals surface area contributed by atoms with Crippen LogP contribution in [0, 0.1) is 0 Å². The summed E-state index contributed by atoms with van der Waals surface area (Å²) in [5.74, 6) is -0.400. The van der Waals surface area contributed by atoms with Crippen LogP contribution in [0.15, 0.2) is 12.1 Å². The van der Waals surface area contributed by atoms with Crippen LogP contribution in [-0.2, 0) is 14.3 Å². The summed E-state index contributed by atoms with van der Waals surface area (Å²) < 4.78 is 16.0. The van der Waals surface area contributed by atoms with E-state index in [0.717, 1.165) is 6.42 Å². The first-order valence-electron chi connectivity index (χ1n) is 8.58. The van der Waals surface area contributed by atoms with Gasteiger partial charge in [0.15, 0.2) is 11.5 Å². The Hall–Kier alpha value is -2.77. The Morgan fingerprint density at radius 1 is 1.31 bits per heavy atom. The minimum atomic E-state index is -0.940. The molecule has 1 fully saturated rings. The molecule has 2 aliphatic heterocycles. The van der Waals surface area contributed by atoms with Gasteiger partial charge >= 0.3 is 5.97 Å². The lowest BCUT2D eigenvalue weighted by Gasteiger charge is -2.29. The summed E-state index contributed by atoms with van der Waals surface area (Å²) in [5, 5.41) is 2.81. The molecule has 2 amide bonds. The summed E-state index contributed by atoms with van der Waals surface area (Å²) in [6.07, 6.45) is 0.487. The highest BCUT2D eigenvalue weighted by atomic mass is 16.6. The molecule has 1 aromatic rings. The second kappa shape index (κ2) is 7.23. The number of esters is 1. The standard InChI is InChI=1S/C18H22N2O6/c1-4-9-19-16(22)11-6-8-13(21)20(11)17-10-5-7-12(24-2)15(25-3)14(10)18(23)26-17/h5,7,11,17H,4,6,8-9H2,1-3H3,(H,19,22)/t11-,17+/m1/s1. The summed E-state index contributed by atoms with van der Waals surface area (Å²) in [6.45, 7) is 2.48. The highest BCUT2D eigenvalue weighted by Gasteiger charge is 2.47. The van der Waals surface area contributed by atoms with E-state index < -0.39 is 18.2 Å². The summed E-state index contributed by atoms with van der Waals surface area (Å²) in [6, 6.07) is 2.66. The van der Waals surface area contributed by atoms with Crippen molar-refractivity contribution in [2.24, 2.45) is 0 Å². The van der Waals surface area contributed by atoms with Crippen LogP contribution in [0.2, 0.25) is 0 Å². The number of hydrogen-bond acceptors (Lipinski definition) is 6. The van der Waals surface area contributed by atoms with Crippen molar-refractivity contribution in [3.05, 3.63) is 23.3 Å². The van der Waals surface area contributed by atoms with Gasteiger partial charge < -0.3 is 19.5 Å². The summed E-state index contributed by atoms with van der Waals surface area (Å²) >= 11 is 0. The van der Waals surface area contributed by atoms with Gasteiger partial charge in [0.1, 0.15) is 11.6 Å². The molecule has 3 rings (SSSR count). The topological polar surface area (TPSA) is 94.2 Å². The lowest BCUT2D eigenvalue weighted by Crippen LogP contribution is -2.46. The second-order valence-corrected chi connectivity index (χ2v) is 6.17. The van der Waals surface area contributed by atoms with Gasteiger partial charge in [-0.15, -0.1) is 0 Å². The fourth-order valence-electron chi connectivity index (χ4n) is 3.41. The van der Waals surface area contributed by atoms with Gasteiger partial charge in [-0.05, 0) is 25.0 Å². The van der Waals surface area contributed by atoms with E-state index in [1.165, 1.54) is 19.1 Å². The van der Waals surface area contributed by atoms with Gasteiger partial charge in [0.05, 0.1) is 14.2 Å². The number of carbonyl (C=O) groups is 3. The molecule has 2 aliphatic rings. The molecule has 1 N–H and O–H groups in total. The van der Waals surface area contributed by atoms with E-state index in [4.69, 9.17) is 14.2 Å². The van der Waals surface area contributed by atoms with Gasteiger partial charge in [-0.1, -0.05) is 6.92 Å². The van der Waals surface area contributed by atoms with Gasteiger partial charge in [0, 0.05) is 18.5 Å². The van der Waals surface area contributed by atoms with Crippen molar-refractivity contribution < 1.29 is 28.6 Å². The number of benzene rings is 1.